The number of carboxylic acid groups (broad SMARTS) is 1. The van der Waals surface area contributed by atoms with E-state index in [0.717, 1.165) is 25.2 Å². The van der Waals surface area contributed by atoms with Gasteiger partial charge < -0.3 is 15.7 Å². The Balaban J connectivity index is 1.98. The fourth-order valence-electron chi connectivity index (χ4n) is 2.81. The largest absolute Gasteiger partial charge is 0.481 e. The smallest absolute Gasteiger partial charge is 0.315 e. The van der Waals surface area contributed by atoms with E-state index >= 15 is 0 Å². The van der Waals surface area contributed by atoms with Crippen LogP contribution in [-0.4, -0.2) is 29.7 Å². The summed E-state index contributed by atoms with van der Waals surface area (Å²) < 4.78 is 0. The van der Waals surface area contributed by atoms with Gasteiger partial charge >= 0.3 is 12.0 Å². The lowest BCUT2D eigenvalue weighted by Gasteiger charge is -2.13. The minimum absolute atomic E-state index is 0.0112. The summed E-state index contributed by atoms with van der Waals surface area (Å²) in [6.45, 7) is 5.18. The van der Waals surface area contributed by atoms with Crippen molar-refractivity contribution >= 4 is 12.0 Å². The van der Waals surface area contributed by atoms with Crippen molar-refractivity contribution in [3.05, 3.63) is 0 Å². The Bertz CT molecular complexity index is 331. The topological polar surface area (TPSA) is 78.4 Å². The Morgan fingerprint density at radius 1 is 1.14 bits per heavy atom. The summed E-state index contributed by atoms with van der Waals surface area (Å²) in [7, 11) is 0. The van der Waals surface area contributed by atoms with E-state index in [2.05, 4.69) is 24.5 Å². The number of unbranched alkanes of at least 4 members (excludes halogenated alkanes) is 3. The van der Waals surface area contributed by atoms with Crippen LogP contribution in [0.15, 0.2) is 0 Å². The first-order chi connectivity index (χ1) is 9.99. The van der Waals surface area contributed by atoms with E-state index < -0.39 is 5.97 Å². The van der Waals surface area contributed by atoms with Crippen LogP contribution in [0.25, 0.3) is 0 Å². The van der Waals surface area contributed by atoms with Gasteiger partial charge in [-0.3, -0.25) is 4.79 Å². The van der Waals surface area contributed by atoms with Crippen LogP contribution in [0.5, 0.6) is 0 Å². The molecule has 0 unspecified atom stereocenters. The standard InChI is InChI=1S/C16H30N2O3/c1-12(2)7-5-3-4-6-10-17-16(21)18-14-9-8-13(11-14)15(19)20/h12-14H,3-11H2,1-2H3,(H,19,20)(H2,17,18,21)/t13-,14+/m1/s1. The second-order valence-electron chi connectivity index (χ2n) is 6.54. The summed E-state index contributed by atoms with van der Waals surface area (Å²) in [5.74, 6) is -0.271. The maximum absolute atomic E-state index is 11.7. The summed E-state index contributed by atoms with van der Waals surface area (Å²) in [5.41, 5.74) is 0. The Morgan fingerprint density at radius 2 is 1.86 bits per heavy atom. The molecular weight excluding hydrogens is 268 g/mol. The highest BCUT2D eigenvalue weighted by molar-refractivity contribution is 5.75. The van der Waals surface area contributed by atoms with Gasteiger partial charge in [0.15, 0.2) is 0 Å². The maximum Gasteiger partial charge on any atom is 0.315 e. The first-order valence-electron chi connectivity index (χ1n) is 8.26. The van der Waals surface area contributed by atoms with Gasteiger partial charge in [-0.15, -0.1) is 0 Å². The molecule has 0 aromatic rings. The van der Waals surface area contributed by atoms with E-state index in [1.807, 2.05) is 0 Å². The summed E-state index contributed by atoms with van der Waals surface area (Å²) >= 11 is 0. The molecule has 0 bridgehead atoms. The quantitative estimate of drug-likeness (QED) is 0.572. The van der Waals surface area contributed by atoms with E-state index in [1.54, 1.807) is 0 Å². The van der Waals surface area contributed by atoms with Crippen molar-refractivity contribution in [3.63, 3.8) is 0 Å². The van der Waals surface area contributed by atoms with Crippen LogP contribution >= 0.6 is 0 Å². The van der Waals surface area contributed by atoms with Crippen molar-refractivity contribution in [1.82, 2.24) is 10.6 Å². The van der Waals surface area contributed by atoms with Crippen LogP contribution in [0, 0.1) is 11.8 Å². The zero-order valence-electron chi connectivity index (χ0n) is 13.4. The number of urea groups is 1. The van der Waals surface area contributed by atoms with Crippen molar-refractivity contribution in [1.29, 1.82) is 0 Å². The molecule has 1 saturated carbocycles. The molecule has 2 atom stereocenters. The lowest BCUT2D eigenvalue weighted by atomic mass is 10.0. The van der Waals surface area contributed by atoms with Gasteiger partial charge in [0.2, 0.25) is 0 Å². The lowest BCUT2D eigenvalue weighted by molar-refractivity contribution is -0.141. The molecule has 122 valence electrons. The highest BCUT2D eigenvalue weighted by Gasteiger charge is 2.30. The summed E-state index contributed by atoms with van der Waals surface area (Å²) in [6, 6.07) is -0.148. The number of nitrogens with one attached hydrogen (secondary N) is 2. The van der Waals surface area contributed by atoms with Crippen LogP contribution in [0.4, 0.5) is 4.79 Å². The molecule has 0 aromatic carbocycles. The number of hydrogen-bond donors (Lipinski definition) is 3. The van der Waals surface area contributed by atoms with Gasteiger partial charge in [0.05, 0.1) is 5.92 Å². The third-order valence-electron chi connectivity index (χ3n) is 4.11. The number of amides is 2. The SMILES string of the molecule is CC(C)CCCCCCNC(=O)N[C@H]1CC[C@@H](C(=O)O)C1. The number of rotatable bonds is 9. The molecule has 0 aromatic heterocycles. The molecule has 1 aliphatic rings. The molecule has 2 amide bonds. The molecule has 1 fully saturated rings. The number of carbonyl (C=O) groups is 2. The van der Waals surface area contributed by atoms with E-state index in [9.17, 15) is 9.59 Å². The van der Waals surface area contributed by atoms with Crippen LogP contribution in [-0.2, 0) is 4.79 Å². The fourth-order valence-corrected chi connectivity index (χ4v) is 2.81. The molecule has 1 aliphatic carbocycles. The normalized spacial score (nSPS) is 21.5. The van der Waals surface area contributed by atoms with E-state index in [4.69, 9.17) is 5.11 Å². The Labute approximate surface area is 127 Å². The minimum atomic E-state index is -0.749. The number of hydrogen-bond acceptors (Lipinski definition) is 2. The predicted molar refractivity (Wildman–Crippen MR) is 83.2 cm³/mol. The number of aliphatic carboxylic acids is 1. The third-order valence-corrected chi connectivity index (χ3v) is 4.11. The van der Waals surface area contributed by atoms with Crippen molar-refractivity contribution in [2.45, 2.75) is 71.3 Å². The molecule has 0 saturated heterocycles. The van der Waals surface area contributed by atoms with Gasteiger partial charge in [-0.1, -0.05) is 39.5 Å². The Kier molecular flexibility index (Phi) is 8.16. The van der Waals surface area contributed by atoms with Crippen LogP contribution in [0.1, 0.15) is 65.2 Å². The van der Waals surface area contributed by atoms with Gasteiger partial charge in [-0.25, -0.2) is 4.79 Å². The zero-order chi connectivity index (χ0) is 15.7. The monoisotopic (exact) mass is 298 g/mol. The average molecular weight is 298 g/mol. The third kappa shape index (κ3) is 7.93. The molecule has 5 heteroatoms. The first kappa shape index (κ1) is 17.8. The molecule has 0 heterocycles. The van der Waals surface area contributed by atoms with Crippen LogP contribution in [0.2, 0.25) is 0 Å². The molecule has 0 spiro atoms. The summed E-state index contributed by atoms with van der Waals surface area (Å²) in [4.78, 5) is 22.5. The summed E-state index contributed by atoms with van der Waals surface area (Å²) in [5, 5.41) is 14.6. The number of carboxylic acids is 1. The lowest BCUT2D eigenvalue weighted by Crippen LogP contribution is -2.41. The average Bonchev–Trinajstić information content (AvgIpc) is 2.86. The van der Waals surface area contributed by atoms with Crippen LogP contribution in [0.3, 0.4) is 0 Å². The van der Waals surface area contributed by atoms with E-state index in [-0.39, 0.29) is 18.0 Å². The Hall–Kier alpha value is -1.26. The molecule has 0 radical (unpaired) electrons. The molecule has 1 rings (SSSR count). The van der Waals surface area contributed by atoms with Gasteiger partial charge in [-0.05, 0) is 31.6 Å². The molecule has 3 N–H and O–H groups in total. The molecular formula is C16H30N2O3. The zero-order valence-corrected chi connectivity index (χ0v) is 13.4. The highest BCUT2D eigenvalue weighted by atomic mass is 16.4. The Morgan fingerprint density at radius 3 is 2.48 bits per heavy atom. The van der Waals surface area contributed by atoms with E-state index in [0.29, 0.717) is 19.4 Å². The highest BCUT2D eigenvalue weighted by Crippen LogP contribution is 2.25. The fraction of sp³-hybridized carbons (Fsp3) is 0.875. The number of carbonyl (C=O) groups excluding carboxylic acids is 1. The van der Waals surface area contributed by atoms with Gasteiger partial charge in [0, 0.05) is 12.6 Å². The second-order valence-corrected chi connectivity index (χ2v) is 6.54. The van der Waals surface area contributed by atoms with Crippen LogP contribution < -0.4 is 10.6 Å². The van der Waals surface area contributed by atoms with Gasteiger partial charge in [0.1, 0.15) is 0 Å². The van der Waals surface area contributed by atoms with Crippen molar-refractivity contribution < 1.29 is 14.7 Å². The first-order valence-corrected chi connectivity index (χ1v) is 8.26. The second kappa shape index (κ2) is 9.64. The minimum Gasteiger partial charge on any atom is -0.481 e. The molecule has 5 nitrogen and oxygen atoms in total. The van der Waals surface area contributed by atoms with Crippen molar-refractivity contribution in [2.24, 2.45) is 11.8 Å². The van der Waals surface area contributed by atoms with E-state index in [1.165, 1.54) is 19.3 Å². The molecule has 0 aliphatic heterocycles. The predicted octanol–water partition coefficient (Wildman–Crippen LogP) is 3.15. The maximum atomic E-state index is 11.7. The summed E-state index contributed by atoms with van der Waals surface area (Å²) in [6.07, 6.45) is 7.91. The van der Waals surface area contributed by atoms with Gasteiger partial charge in [-0.2, -0.15) is 0 Å². The van der Waals surface area contributed by atoms with Crippen molar-refractivity contribution in [2.75, 3.05) is 6.54 Å². The van der Waals surface area contributed by atoms with Gasteiger partial charge in [0.25, 0.3) is 0 Å². The van der Waals surface area contributed by atoms with Crippen molar-refractivity contribution in [3.8, 4) is 0 Å². The molecule has 21 heavy (non-hydrogen) atoms.